The number of pyridine rings is 1. The highest BCUT2D eigenvalue weighted by Gasteiger charge is 2.31. The SMILES string of the molecule is CN1CCN(c2ccc(Nc3cc4c(cn3)CCC(=O)N4C3CCCCCC3)cc2)CC1. The molecule has 170 valence electrons. The number of hydrogen-bond donors (Lipinski definition) is 1. The van der Waals surface area contributed by atoms with E-state index in [9.17, 15) is 4.79 Å². The van der Waals surface area contributed by atoms with Gasteiger partial charge in [-0.2, -0.15) is 0 Å². The second-order valence-corrected chi connectivity index (χ2v) is 9.57. The molecule has 1 N–H and O–H groups in total. The molecule has 6 heteroatoms. The van der Waals surface area contributed by atoms with Crippen molar-refractivity contribution < 1.29 is 4.79 Å². The maximum absolute atomic E-state index is 12.9. The predicted molar refractivity (Wildman–Crippen MR) is 131 cm³/mol. The maximum Gasteiger partial charge on any atom is 0.227 e. The molecule has 0 radical (unpaired) electrons. The zero-order valence-electron chi connectivity index (χ0n) is 19.2. The minimum atomic E-state index is 0.276. The van der Waals surface area contributed by atoms with Crippen molar-refractivity contribution in [1.29, 1.82) is 0 Å². The molecule has 1 aromatic carbocycles. The van der Waals surface area contributed by atoms with Gasteiger partial charge in [0.1, 0.15) is 5.82 Å². The Balaban J connectivity index is 1.32. The number of fused-ring (bicyclic) bond motifs is 1. The summed E-state index contributed by atoms with van der Waals surface area (Å²) in [5, 5.41) is 3.47. The highest BCUT2D eigenvalue weighted by Crippen LogP contribution is 2.35. The molecule has 1 saturated heterocycles. The number of benzene rings is 1. The number of nitrogens with one attached hydrogen (secondary N) is 1. The van der Waals surface area contributed by atoms with Crippen LogP contribution in [0.2, 0.25) is 0 Å². The average Bonchev–Trinajstić information content (AvgIpc) is 3.09. The van der Waals surface area contributed by atoms with E-state index in [4.69, 9.17) is 0 Å². The summed E-state index contributed by atoms with van der Waals surface area (Å²) >= 11 is 0. The zero-order chi connectivity index (χ0) is 21.9. The Labute approximate surface area is 191 Å². The second kappa shape index (κ2) is 9.49. The topological polar surface area (TPSA) is 51.7 Å². The van der Waals surface area contributed by atoms with Crippen LogP contribution < -0.4 is 15.1 Å². The number of likely N-dealkylation sites (N-methyl/N-ethyl adjacent to an activating group) is 1. The number of amides is 1. The van der Waals surface area contributed by atoms with E-state index < -0.39 is 0 Å². The molecule has 1 amide bonds. The molecule has 1 aromatic heterocycles. The van der Waals surface area contributed by atoms with Crippen molar-refractivity contribution >= 4 is 28.8 Å². The van der Waals surface area contributed by atoms with Gasteiger partial charge in [-0.25, -0.2) is 4.98 Å². The highest BCUT2D eigenvalue weighted by molar-refractivity contribution is 5.97. The van der Waals surface area contributed by atoms with Crippen molar-refractivity contribution in [3.8, 4) is 0 Å². The summed E-state index contributed by atoms with van der Waals surface area (Å²) in [5.74, 6) is 1.09. The standard InChI is InChI=1S/C26H35N5O/c1-29-14-16-30(17-15-29)22-11-9-21(10-12-22)28-25-18-24-20(19-27-25)8-13-26(32)31(24)23-6-4-2-3-5-7-23/h9-12,18-19,23H,2-8,13-17H2,1H3,(H,27,28). The van der Waals surface area contributed by atoms with Gasteiger partial charge in [-0.05, 0) is 56.1 Å². The molecule has 1 saturated carbocycles. The number of hydrogen-bond acceptors (Lipinski definition) is 5. The van der Waals surface area contributed by atoms with E-state index in [-0.39, 0.29) is 5.91 Å². The number of aryl methyl sites for hydroxylation is 1. The first-order chi connectivity index (χ1) is 15.7. The Morgan fingerprint density at radius 2 is 1.66 bits per heavy atom. The summed E-state index contributed by atoms with van der Waals surface area (Å²) in [7, 11) is 2.18. The summed E-state index contributed by atoms with van der Waals surface area (Å²) in [6.07, 6.45) is 10.6. The van der Waals surface area contributed by atoms with E-state index in [1.54, 1.807) is 0 Å². The largest absolute Gasteiger partial charge is 0.369 e. The Morgan fingerprint density at radius 3 is 2.38 bits per heavy atom. The van der Waals surface area contributed by atoms with Gasteiger partial charge in [-0.15, -0.1) is 0 Å². The maximum atomic E-state index is 12.9. The highest BCUT2D eigenvalue weighted by atomic mass is 16.2. The van der Waals surface area contributed by atoms with Crippen LogP contribution in [0, 0.1) is 0 Å². The molecule has 6 nitrogen and oxygen atoms in total. The first-order valence-corrected chi connectivity index (χ1v) is 12.3. The number of nitrogens with zero attached hydrogens (tertiary/aromatic N) is 4. The Kier molecular flexibility index (Phi) is 6.30. The van der Waals surface area contributed by atoms with E-state index in [1.807, 2.05) is 6.20 Å². The van der Waals surface area contributed by atoms with Gasteiger partial charge in [0, 0.05) is 62.3 Å². The molecule has 0 atom stereocenters. The quantitative estimate of drug-likeness (QED) is 0.716. The van der Waals surface area contributed by atoms with Gasteiger partial charge < -0.3 is 20.0 Å². The molecular weight excluding hydrogens is 398 g/mol. The number of carbonyl (C=O) groups excluding carboxylic acids is 1. The molecule has 32 heavy (non-hydrogen) atoms. The molecule has 2 aliphatic heterocycles. The summed E-state index contributed by atoms with van der Waals surface area (Å²) < 4.78 is 0. The molecule has 2 fully saturated rings. The lowest BCUT2D eigenvalue weighted by atomic mass is 9.98. The van der Waals surface area contributed by atoms with Crippen LogP contribution in [0.1, 0.15) is 50.5 Å². The van der Waals surface area contributed by atoms with Gasteiger partial charge in [0.2, 0.25) is 5.91 Å². The van der Waals surface area contributed by atoms with Gasteiger partial charge in [-0.3, -0.25) is 4.79 Å². The minimum absolute atomic E-state index is 0.276. The fraction of sp³-hybridized carbons (Fsp3) is 0.538. The van der Waals surface area contributed by atoms with Crippen LogP contribution >= 0.6 is 0 Å². The third kappa shape index (κ3) is 4.60. The van der Waals surface area contributed by atoms with Gasteiger partial charge in [0.05, 0.1) is 5.69 Å². The van der Waals surface area contributed by atoms with E-state index in [0.717, 1.165) is 62.6 Å². The molecule has 3 heterocycles. The van der Waals surface area contributed by atoms with Crippen LogP contribution in [-0.2, 0) is 11.2 Å². The Hall–Kier alpha value is -2.60. The molecule has 1 aliphatic carbocycles. The number of rotatable bonds is 4. The first kappa shape index (κ1) is 21.3. The smallest absolute Gasteiger partial charge is 0.227 e. The summed E-state index contributed by atoms with van der Waals surface area (Å²) in [5.41, 5.74) is 4.56. The van der Waals surface area contributed by atoms with Gasteiger partial charge in [-0.1, -0.05) is 25.7 Å². The molecule has 3 aliphatic rings. The van der Waals surface area contributed by atoms with Crippen LogP contribution in [-0.4, -0.2) is 55.1 Å². The van der Waals surface area contributed by atoms with E-state index >= 15 is 0 Å². The molecule has 0 bridgehead atoms. The summed E-state index contributed by atoms with van der Waals surface area (Å²) in [6.45, 7) is 4.35. The monoisotopic (exact) mass is 433 g/mol. The van der Waals surface area contributed by atoms with Crippen LogP contribution in [0.4, 0.5) is 22.9 Å². The van der Waals surface area contributed by atoms with Crippen molar-refractivity contribution in [3.05, 3.63) is 42.1 Å². The summed E-state index contributed by atoms with van der Waals surface area (Å²) in [4.78, 5) is 24.5. The molecule has 0 unspecified atom stereocenters. The lowest BCUT2D eigenvalue weighted by Gasteiger charge is -2.36. The van der Waals surface area contributed by atoms with E-state index in [0.29, 0.717) is 12.5 Å². The fourth-order valence-electron chi connectivity index (χ4n) is 5.34. The predicted octanol–water partition coefficient (Wildman–Crippen LogP) is 4.58. The van der Waals surface area contributed by atoms with Crippen LogP contribution in [0.25, 0.3) is 0 Å². The number of aromatic nitrogens is 1. The first-order valence-electron chi connectivity index (χ1n) is 12.3. The lowest BCUT2D eigenvalue weighted by Crippen LogP contribution is -2.44. The van der Waals surface area contributed by atoms with Gasteiger partial charge in [0.25, 0.3) is 0 Å². The average molecular weight is 434 g/mol. The van der Waals surface area contributed by atoms with Crippen LogP contribution in [0.15, 0.2) is 36.5 Å². The van der Waals surface area contributed by atoms with Crippen LogP contribution in [0.3, 0.4) is 0 Å². The van der Waals surface area contributed by atoms with Crippen molar-refractivity contribution in [2.45, 2.75) is 57.4 Å². The molecular formula is C26H35N5O. The number of carbonyl (C=O) groups is 1. The lowest BCUT2D eigenvalue weighted by molar-refractivity contribution is -0.119. The third-order valence-corrected chi connectivity index (χ3v) is 7.30. The zero-order valence-corrected chi connectivity index (χ0v) is 19.2. The van der Waals surface area contributed by atoms with Crippen molar-refractivity contribution in [2.75, 3.05) is 48.3 Å². The van der Waals surface area contributed by atoms with Crippen molar-refractivity contribution in [2.24, 2.45) is 0 Å². The van der Waals surface area contributed by atoms with Crippen molar-refractivity contribution in [3.63, 3.8) is 0 Å². The minimum Gasteiger partial charge on any atom is -0.369 e. The second-order valence-electron chi connectivity index (χ2n) is 9.57. The fourth-order valence-corrected chi connectivity index (χ4v) is 5.34. The molecule has 5 rings (SSSR count). The normalized spacial score (nSPS) is 20.7. The molecule has 0 spiro atoms. The Bertz CT molecular complexity index is 928. The number of piperazine rings is 1. The van der Waals surface area contributed by atoms with Gasteiger partial charge in [0.15, 0.2) is 0 Å². The Morgan fingerprint density at radius 1 is 0.938 bits per heavy atom. The third-order valence-electron chi connectivity index (χ3n) is 7.30. The van der Waals surface area contributed by atoms with Crippen LogP contribution in [0.5, 0.6) is 0 Å². The van der Waals surface area contributed by atoms with E-state index in [2.05, 4.69) is 62.4 Å². The summed E-state index contributed by atoms with van der Waals surface area (Å²) in [6, 6.07) is 11.1. The van der Waals surface area contributed by atoms with E-state index in [1.165, 1.54) is 36.9 Å². The van der Waals surface area contributed by atoms with Crippen molar-refractivity contribution in [1.82, 2.24) is 9.88 Å². The molecule has 2 aromatic rings. The van der Waals surface area contributed by atoms with Gasteiger partial charge >= 0.3 is 0 Å². The number of anilines is 4.